The first-order valence-corrected chi connectivity index (χ1v) is 5.60. The lowest BCUT2D eigenvalue weighted by atomic mass is 10.4. The third-order valence-electron chi connectivity index (χ3n) is 0.969. The first-order chi connectivity index (χ1) is 5.83. The van der Waals surface area contributed by atoms with Crippen molar-refractivity contribution in [3.63, 3.8) is 0 Å². The summed E-state index contributed by atoms with van der Waals surface area (Å²) in [6.45, 7) is 9.10. The molecule has 13 heavy (non-hydrogen) atoms. The molecule has 0 amide bonds. The van der Waals surface area contributed by atoms with Crippen molar-refractivity contribution in [3.8, 4) is 0 Å². The van der Waals surface area contributed by atoms with Crippen molar-refractivity contribution in [2.75, 3.05) is 13.2 Å². The van der Waals surface area contributed by atoms with Crippen molar-refractivity contribution >= 4 is 10.4 Å². The van der Waals surface area contributed by atoms with Crippen molar-refractivity contribution in [3.05, 3.63) is 0 Å². The molecule has 0 saturated heterocycles. The van der Waals surface area contributed by atoms with Crippen LogP contribution in [0.1, 0.15) is 27.7 Å². The highest BCUT2D eigenvalue weighted by Gasteiger charge is 1.86. The van der Waals surface area contributed by atoms with Crippen LogP contribution >= 0.6 is 0 Å². The van der Waals surface area contributed by atoms with Gasteiger partial charge < -0.3 is 9.87 Å². The van der Waals surface area contributed by atoms with Gasteiger partial charge in [0.1, 0.15) is 0 Å². The van der Waals surface area contributed by atoms with E-state index in [1.54, 1.807) is 0 Å². The minimum absolute atomic E-state index is 0.0914. The number of rotatable bonds is 4. The molecule has 0 fully saturated rings. The van der Waals surface area contributed by atoms with E-state index in [0.29, 0.717) is 0 Å². The molecule has 0 aliphatic carbocycles. The lowest BCUT2D eigenvalue weighted by Crippen LogP contribution is -2.87. The second kappa shape index (κ2) is 8.43. The Labute approximate surface area is 80.4 Å². The summed E-state index contributed by atoms with van der Waals surface area (Å²) in [5, 5.41) is 2.29. The van der Waals surface area contributed by atoms with Crippen LogP contribution in [0.15, 0.2) is 0 Å². The van der Waals surface area contributed by atoms with Crippen molar-refractivity contribution < 1.29 is 22.5 Å². The highest BCUT2D eigenvalue weighted by molar-refractivity contribution is 7.80. The van der Waals surface area contributed by atoms with Gasteiger partial charge in [-0.1, -0.05) is 0 Å². The zero-order chi connectivity index (χ0) is 10.9. The summed E-state index contributed by atoms with van der Waals surface area (Å²) in [5.41, 5.74) is 0. The quantitative estimate of drug-likeness (QED) is 0.502. The fourth-order valence-electron chi connectivity index (χ4n) is 0.616. The predicted molar refractivity (Wildman–Crippen MR) is 48.9 cm³/mol. The number of hydrogen-bond acceptors (Lipinski definition) is 4. The molecule has 0 radical (unpaired) electrons. The fraction of sp³-hybridized carbons (Fsp3) is 1.00. The van der Waals surface area contributed by atoms with Crippen LogP contribution in [0.4, 0.5) is 0 Å². The minimum Gasteiger partial charge on any atom is -0.726 e. The fourth-order valence-corrected chi connectivity index (χ4v) is 0.904. The highest BCUT2D eigenvalue weighted by Crippen LogP contribution is 1.80. The van der Waals surface area contributed by atoms with Crippen LogP contribution in [0.2, 0.25) is 0 Å². The normalized spacial score (nSPS) is 10.9. The third-order valence-corrected chi connectivity index (χ3v) is 1.49. The standard InChI is InChI=1S/C5H13N.C2H6O4S/c1-4-6-5(2)3;1-2-6-7(3,4)5/h5-6H,4H2,1-3H3;2H2,1H3,(H,3,4,5). The summed E-state index contributed by atoms with van der Waals surface area (Å²) in [7, 11) is -4.42. The van der Waals surface area contributed by atoms with Crippen LogP contribution in [0.3, 0.4) is 0 Å². The van der Waals surface area contributed by atoms with Crippen LogP contribution in [0.5, 0.6) is 0 Å². The molecule has 0 saturated carbocycles. The van der Waals surface area contributed by atoms with Gasteiger partial charge in [-0.25, -0.2) is 8.42 Å². The molecule has 2 N–H and O–H groups in total. The molecule has 0 spiro atoms. The van der Waals surface area contributed by atoms with Gasteiger partial charge in [0.05, 0.1) is 19.2 Å². The molecule has 0 unspecified atom stereocenters. The molecular formula is C7H19NO4S. The third kappa shape index (κ3) is 24.5. The average molecular weight is 213 g/mol. The number of nitrogens with two attached hydrogens (primary N) is 1. The minimum atomic E-state index is -4.42. The van der Waals surface area contributed by atoms with E-state index in [0.717, 1.165) is 6.04 Å². The molecule has 82 valence electrons. The summed E-state index contributed by atoms with van der Waals surface area (Å²) < 4.78 is 32.0. The van der Waals surface area contributed by atoms with Crippen LogP contribution in [0.25, 0.3) is 0 Å². The summed E-state index contributed by atoms with van der Waals surface area (Å²) >= 11 is 0. The van der Waals surface area contributed by atoms with Crippen LogP contribution in [0, 0.1) is 0 Å². The maximum atomic E-state index is 9.45. The largest absolute Gasteiger partial charge is 0.726 e. The van der Waals surface area contributed by atoms with Gasteiger partial charge in [-0.2, -0.15) is 0 Å². The Morgan fingerprint density at radius 2 is 1.85 bits per heavy atom. The summed E-state index contributed by atoms with van der Waals surface area (Å²) in [6.07, 6.45) is 0. The molecule has 0 aromatic carbocycles. The van der Waals surface area contributed by atoms with Gasteiger partial charge in [0.15, 0.2) is 0 Å². The van der Waals surface area contributed by atoms with E-state index in [-0.39, 0.29) is 6.61 Å². The molecule has 0 aliphatic rings. The second-order valence-corrected chi connectivity index (χ2v) is 3.75. The Morgan fingerprint density at radius 3 is 1.85 bits per heavy atom. The van der Waals surface area contributed by atoms with Gasteiger partial charge in [-0.05, 0) is 27.7 Å². The Hall–Kier alpha value is -0.170. The smallest absolute Gasteiger partial charge is 0.217 e. The zero-order valence-electron chi connectivity index (χ0n) is 8.61. The predicted octanol–water partition coefficient (Wildman–Crippen LogP) is -0.539. The van der Waals surface area contributed by atoms with Crippen molar-refractivity contribution in [2.24, 2.45) is 0 Å². The van der Waals surface area contributed by atoms with E-state index in [4.69, 9.17) is 0 Å². The molecule has 0 aliphatic heterocycles. The Kier molecular flexibility index (Phi) is 9.93. The summed E-state index contributed by atoms with van der Waals surface area (Å²) in [6, 6.07) is 0.773. The zero-order valence-corrected chi connectivity index (χ0v) is 9.43. The van der Waals surface area contributed by atoms with E-state index in [9.17, 15) is 13.0 Å². The SMILES string of the molecule is CCOS(=O)(=O)[O-].CC[NH2+]C(C)C. The first kappa shape index (κ1) is 15.3. The van der Waals surface area contributed by atoms with Gasteiger partial charge in [-0.3, -0.25) is 4.18 Å². The van der Waals surface area contributed by atoms with Crippen molar-refractivity contribution in [1.29, 1.82) is 0 Å². The molecule has 0 aromatic rings. The van der Waals surface area contributed by atoms with E-state index in [2.05, 4.69) is 30.3 Å². The Bertz CT molecular complexity index is 189. The lowest BCUT2D eigenvalue weighted by Gasteiger charge is -2.02. The monoisotopic (exact) mass is 213 g/mol. The van der Waals surface area contributed by atoms with Crippen molar-refractivity contribution in [1.82, 2.24) is 0 Å². The highest BCUT2D eigenvalue weighted by atomic mass is 32.3. The molecule has 0 aromatic heterocycles. The summed E-state index contributed by atoms with van der Waals surface area (Å²) in [5.74, 6) is 0. The van der Waals surface area contributed by atoms with Crippen LogP contribution < -0.4 is 5.32 Å². The van der Waals surface area contributed by atoms with E-state index in [1.807, 2.05) is 0 Å². The Balaban J connectivity index is 0. The van der Waals surface area contributed by atoms with Crippen LogP contribution in [-0.2, 0) is 14.6 Å². The molecule has 0 atom stereocenters. The lowest BCUT2D eigenvalue weighted by molar-refractivity contribution is -0.679. The number of hydrogen-bond donors (Lipinski definition) is 1. The van der Waals surface area contributed by atoms with Gasteiger partial charge in [0.2, 0.25) is 10.4 Å². The molecule has 0 heterocycles. The van der Waals surface area contributed by atoms with Gasteiger partial charge in [0, 0.05) is 0 Å². The van der Waals surface area contributed by atoms with E-state index in [1.165, 1.54) is 13.5 Å². The first-order valence-electron chi connectivity index (χ1n) is 4.27. The molecule has 5 nitrogen and oxygen atoms in total. The second-order valence-electron chi connectivity index (χ2n) is 2.70. The van der Waals surface area contributed by atoms with Gasteiger partial charge >= 0.3 is 0 Å². The van der Waals surface area contributed by atoms with Crippen molar-refractivity contribution in [2.45, 2.75) is 33.7 Å². The maximum Gasteiger partial charge on any atom is 0.217 e. The summed E-state index contributed by atoms with van der Waals surface area (Å²) in [4.78, 5) is 0. The van der Waals surface area contributed by atoms with Gasteiger partial charge in [-0.15, -0.1) is 0 Å². The maximum absolute atomic E-state index is 9.45. The Morgan fingerprint density at radius 1 is 1.38 bits per heavy atom. The molecular weight excluding hydrogens is 194 g/mol. The molecule has 0 bridgehead atoms. The number of quaternary nitrogens is 1. The van der Waals surface area contributed by atoms with Crippen LogP contribution in [-0.4, -0.2) is 32.2 Å². The average Bonchev–Trinajstić information content (AvgIpc) is 1.84. The molecule has 0 rings (SSSR count). The van der Waals surface area contributed by atoms with E-state index >= 15 is 0 Å². The molecule has 6 heteroatoms. The van der Waals surface area contributed by atoms with E-state index < -0.39 is 10.4 Å². The van der Waals surface area contributed by atoms with Gasteiger partial charge in [0.25, 0.3) is 0 Å². The topological polar surface area (TPSA) is 83.0 Å².